The van der Waals surface area contributed by atoms with E-state index in [0.717, 1.165) is 25.4 Å². The van der Waals surface area contributed by atoms with Gasteiger partial charge in [-0.1, -0.05) is 12.1 Å². The van der Waals surface area contributed by atoms with Gasteiger partial charge in [0.1, 0.15) is 5.75 Å². The van der Waals surface area contributed by atoms with Gasteiger partial charge in [-0.3, -0.25) is 4.90 Å². The van der Waals surface area contributed by atoms with Gasteiger partial charge in [0.05, 0.1) is 7.11 Å². The Morgan fingerprint density at radius 3 is 2.89 bits per heavy atom. The Kier molecular flexibility index (Phi) is 4.80. The number of piperazine rings is 1. The minimum absolute atomic E-state index is 0.373. The summed E-state index contributed by atoms with van der Waals surface area (Å²) in [6.07, 6.45) is 0. The van der Waals surface area contributed by atoms with E-state index in [0.29, 0.717) is 18.6 Å². The first-order valence-corrected chi connectivity index (χ1v) is 6.94. The first-order valence-electron chi connectivity index (χ1n) is 6.94. The summed E-state index contributed by atoms with van der Waals surface area (Å²) in [6, 6.07) is 9.13. The molecule has 1 aliphatic rings. The molecule has 1 heterocycles. The zero-order valence-corrected chi connectivity index (χ0v) is 12.2. The summed E-state index contributed by atoms with van der Waals surface area (Å²) in [5, 5.41) is 0. The van der Waals surface area contributed by atoms with Crippen molar-refractivity contribution >= 4 is 0 Å². The van der Waals surface area contributed by atoms with Crippen LogP contribution in [0.1, 0.15) is 18.5 Å². The zero-order valence-electron chi connectivity index (χ0n) is 12.2. The van der Waals surface area contributed by atoms with Crippen molar-refractivity contribution in [3.63, 3.8) is 0 Å². The lowest BCUT2D eigenvalue weighted by Crippen LogP contribution is -2.55. The minimum atomic E-state index is 0.373. The average molecular weight is 263 g/mol. The molecule has 0 amide bonds. The van der Waals surface area contributed by atoms with Crippen molar-refractivity contribution in [1.82, 2.24) is 9.80 Å². The molecule has 19 heavy (non-hydrogen) atoms. The summed E-state index contributed by atoms with van der Waals surface area (Å²) in [5.74, 6) is 0.919. The van der Waals surface area contributed by atoms with E-state index in [1.165, 1.54) is 5.56 Å². The van der Waals surface area contributed by atoms with Gasteiger partial charge in [-0.05, 0) is 31.7 Å². The van der Waals surface area contributed by atoms with E-state index < -0.39 is 0 Å². The molecule has 1 aliphatic heterocycles. The maximum atomic E-state index is 5.93. The second kappa shape index (κ2) is 6.37. The molecule has 0 saturated carbocycles. The smallest absolute Gasteiger partial charge is 0.119 e. The number of ether oxygens (including phenoxy) is 1. The standard InChI is InChI=1S/C15H25N3O/c1-12(13-5-4-6-15(9-13)19-3)18-8-7-17(2)11-14(18)10-16/h4-6,9,12,14H,7-8,10-11,16H2,1-3H3. The number of hydrogen-bond donors (Lipinski definition) is 1. The molecule has 1 aromatic carbocycles. The van der Waals surface area contributed by atoms with Crippen LogP contribution in [-0.2, 0) is 0 Å². The van der Waals surface area contributed by atoms with Crippen LogP contribution in [0.2, 0.25) is 0 Å². The van der Waals surface area contributed by atoms with Crippen molar-refractivity contribution in [3.05, 3.63) is 29.8 Å². The Bertz CT molecular complexity index is 410. The second-order valence-electron chi connectivity index (χ2n) is 5.34. The van der Waals surface area contributed by atoms with E-state index in [4.69, 9.17) is 10.5 Å². The molecule has 2 unspecified atom stereocenters. The Hall–Kier alpha value is -1.10. The van der Waals surface area contributed by atoms with Gasteiger partial charge in [0.2, 0.25) is 0 Å². The molecule has 0 bridgehead atoms. The lowest BCUT2D eigenvalue weighted by Gasteiger charge is -2.43. The summed E-state index contributed by atoms with van der Waals surface area (Å²) >= 11 is 0. The predicted octanol–water partition coefficient (Wildman–Crippen LogP) is 1.33. The molecule has 2 rings (SSSR count). The van der Waals surface area contributed by atoms with Gasteiger partial charge in [-0.15, -0.1) is 0 Å². The number of likely N-dealkylation sites (N-methyl/N-ethyl adjacent to an activating group) is 1. The Morgan fingerprint density at radius 1 is 1.42 bits per heavy atom. The SMILES string of the molecule is COc1cccc(C(C)N2CCN(C)CC2CN)c1. The van der Waals surface area contributed by atoms with Crippen molar-refractivity contribution in [1.29, 1.82) is 0 Å². The molecular formula is C15H25N3O. The van der Waals surface area contributed by atoms with E-state index in [-0.39, 0.29) is 0 Å². The predicted molar refractivity (Wildman–Crippen MR) is 78.5 cm³/mol. The van der Waals surface area contributed by atoms with Gasteiger partial charge in [0.25, 0.3) is 0 Å². The van der Waals surface area contributed by atoms with Crippen LogP contribution in [0.5, 0.6) is 5.75 Å². The Morgan fingerprint density at radius 2 is 2.21 bits per heavy atom. The fraction of sp³-hybridized carbons (Fsp3) is 0.600. The van der Waals surface area contributed by atoms with Gasteiger partial charge < -0.3 is 15.4 Å². The lowest BCUT2D eigenvalue weighted by molar-refractivity contribution is 0.0620. The third-order valence-corrected chi connectivity index (χ3v) is 4.08. The molecular weight excluding hydrogens is 238 g/mol. The number of rotatable bonds is 4. The molecule has 0 aromatic heterocycles. The highest BCUT2D eigenvalue weighted by Gasteiger charge is 2.28. The van der Waals surface area contributed by atoms with Crippen LogP contribution in [0, 0.1) is 0 Å². The third kappa shape index (κ3) is 3.26. The first kappa shape index (κ1) is 14.3. The number of methoxy groups -OCH3 is 1. The monoisotopic (exact) mass is 263 g/mol. The van der Waals surface area contributed by atoms with E-state index in [1.807, 2.05) is 6.07 Å². The van der Waals surface area contributed by atoms with Gasteiger partial charge in [-0.25, -0.2) is 0 Å². The summed E-state index contributed by atoms with van der Waals surface area (Å²) < 4.78 is 5.31. The quantitative estimate of drug-likeness (QED) is 0.890. The number of nitrogens with zero attached hydrogens (tertiary/aromatic N) is 2. The first-order chi connectivity index (χ1) is 9.15. The fourth-order valence-corrected chi connectivity index (χ4v) is 2.84. The van der Waals surface area contributed by atoms with Crippen LogP contribution in [-0.4, -0.2) is 56.2 Å². The summed E-state index contributed by atoms with van der Waals surface area (Å²) in [7, 11) is 3.87. The van der Waals surface area contributed by atoms with Gasteiger partial charge in [0.15, 0.2) is 0 Å². The van der Waals surface area contributed by atoms with E-state index >= 15 is 0 Å². The van der Waals surface area contributed by atoms with Crippen molar-refractivity contribution in [2.45, 2.75) is 19.0 Å². The minimum Gasteiger partial charge on any atom is -0.497 e. The van der Waals surface area contributed by atoms with Crippen LogP contribution in [0.3, 0.4) is 0 Å². The summed E-state index contributed by atoms with van der Waals surface area (Å²) in [6.45, 7) is 6.17. The third-order valence-electron chi connectivity index (χ3n) is 4.08. The van der Waals surface area contributed by atoms with E-state index in [9.17, 15) is 0 Å². The van der Waals surface area contributed by atoms with Crippen LogP contribution in [0.25, 0.3) is 0 Å². The molecule has 2 atom stereocenters. The molecule has 106 valence electrons. The number of nitrogens with two attached hydrogens (primary N) is 1. The Balaban J connectivity index is 2.15. The van der Waals surface area contributed by atoms with Gasteiger partial charge >= 0.3 is 0 Å². The molecule has 0 aliphatic carbocycles. The van der Waals surface area contributed by atoms with Gasteiger partial charge in [0, 0.05) is 38.3 Å². The maximum Gasteiger partial charge on any atom is 0.119 e. The second-order valence-corrected chi connectivity index (χ2v) is 5.34. The van der Waals surface area contributed by atoms with Gasteiger partial charge in [-0.2, -0.15) is 0 Å². The van der Waals surface area contributed by atoms with Crippen LogP contribution in [0.4, 0.5) is 0 Å². The van der Waals surface area contributed by atoms with Crippen LogP contribution >= 0.6 is 0 Å². The fourth-order valence-electron chi connectivity index (χ4n) is 2.84. The van der Waals surface area contributed by atoms with Crippen LogP contribution < -0.4 is 10.5 Å². The number of hydrogen-bond acceptors (Lipinski definition) is 4. The van der Waals surface area contributed by atoms with Crippen molar-refractivity contribution in [2.75, 3.05) is 40.3 Å². The average Bonchev–Trinajstić information content (AvgIpc) is 2.46. The highest BCUT2D eigenvalue weighted by atomic mass is 16.5. The highest BCUT2D eigenvalue weighted by Crippen LogP contribution is 2.26. The molecule has 0 radical (unpaired) electrons. The molecule has 1 aromatic rings. The van der Waals surface area contributed by atoms with Crippen molar-refractivity contribution < 1.29 is 4.74 Å². The molecule has 4 heteroatoms. The molecule has 2 N–H and O–H groups in total. The summed E-state index contributed by atoms with van der Waals surface area (Å²) in [5.41, 5.74) is 7.23. The van der Waals surface area contributed by atoms with Crippen LogP contribution in [0.15, 0.2) is 24.3 Å². The topological polar surface area (TPSA) is 41.7 Å². The molecule has 4 nitrogen and oxygen atoms in total. The normalized spacial score (nSPS) is 23.3. The molecule has 1 saturated heterocycles. The largest absolute Gasteiger partial charge is 0.497 e. The van der Waals surface area contributed by atoms with E-state index in [2.05, 4.69) is 42.0 Å². The lowest BCUT2D eigenvalue weighted by atomic mass is 10.0. The molecule has 0 spiro atoms. The number of benzene rings is 1. The summed E-state index contributed by atoms with van der Waals surface area (Å²) in [4.78, 5) is 4.86. The zero-order chi connectivity index (χ0) is 13.8. The van der Waals surface area contributed by atoms with Crippen molar-refractivity contribution in [3.8, 4) is 5.75 Å². The van der Waals surface area contributed by atoms with E-state index in [1.54, 1.807) is 7.11 Å². The Labute approximate surface area is 116 Å². The highest BCUT2D eigenvalue weighted by molar-refractivity contribution is 5.30. The van der Waals surface area contributed by atoms with Crippen molar-refractivity contribution in [2.24, 2.45) is 5.73 Å². The maximum absolute atomic E-state index is 5.93. The molecule has 1 fully saturated rings.